The maximum atomic E-state index is 12.8. The molecule has 0 amide bonds. The van der Waals surface area contributed by atoms with Crippen LogP contribution in [0.15, 0.2) is 30.6 Å². The van der Waals surface area contributed by atoms with E-state index >= 15 is 0 Å². The molecule has 0 saturated heterocycles. The first-order valence-corrected chi connectivity index (χ1v) is 6.83. The number of hydrogen-bond donors (Lipinski definition) is 1. The van der Waals surface area contributed by atoms with E-state index in [0.717, 1.165) is 17.9 Å². The molecular formula is C15H20FN3O. The average molecular weight is 277 g/mol. The Morgan fingerprint density at radius 3 is 2.55 bits per heavy atom. The second-order valence-corrected chi connectivity index (χ2v) is 5.44. The van der Waals surface area contributed by atoms with Crippen LogP contribution in [0, 0.1) is 11.7 Å². The van der Waals surface area contributed by atoms with Crippen LogP contribution in [0.4, 0.5) is 4.39 Å². The molecule has 0 saturated carbocycles. The zero-order valence-corrected chi connectivity index (χ0v) is 11.8. The van der Waals surface area contributed by atoms with Gasteiger partial charge in [0.1, 0.15) is 18.0 Å². The van der Waals surface area contributed by atoms with Gasteiger partial charge in [-0.25, -0.2) is 14.1 Å². The summed E-state index contributed by atoms with van der Waals surface area (Å²) in [6.07, 6.45) is 1.90. The molecule has 0 bridgehead atoms. The molecule has 1 atom stereocenters. The second kappa shape index (κ2) is 6.61. The summed E-state index contributed by atoms with van der Waals surface area (Å²) in [6, 6.07) is 6.20. The van der Waals surface area contributed by atoms with Gasteiger partial charge in [0.2, 0.25) is 0 Å². The molecule has 5 heteroatoms. The predicted molar refractivity (Wildman–Crippen MR) is 74.7 cm³/mol. The van der Waals surface area contributed by atoms with Crippen molar-refractivity contribution in [3.8, 4) is 0 Å². The van der Waals surface area contributed by atoms with Gasteiger partial charge in [0.05, 0.1) is 6.10 Å². The first-order valence-electron chi connectivity index (χ1n) is 6.83. The number of benzene rings is 1. The van der Waals surface area contributed by atoms with Crippen molar-refractivity contribution >= 4 is 0 Å². The fourth-order valence-electron chi connectivity index (χ4n) is 2.12. The third kappa shape index (κ3) is 4.13. The van der Waals surface area contributed by atoms with Crippen molar-refractivity contribution in [2.24, 2.45) is 5.92 Å². The van der Waals surface area contributed by atoms with Gasteiger partial charge in [0, 0.05) is 13.0 Å². The highest BCUT2D eigenvalue weighted by molar-refractivity contribution is 5.17. The van der Waals surface area contributed by atoms with Gasteiger partial charge < -0.3 is 5.11 Å². The van der Waals surface area contributed by atoms with E-state index in [-0.39, 0.29) is 5.82 Å². The Kier molecular flexibility index (Phi) is 4.84. The summed E-state index contributed by atoms with van der Waals surface area (Å²) in [4.78, 5) is 4.20. The molecule has 4 nitrogen and oxygen atoms in total. The van der Waals surface area contributed by atoms with E-state index in [1.54, 1.807) is 12.1 Å². The van der Waals surface area contributed by atoms with Crippen molar-refractivity contribution in [3.63, 3.8) is 0 Å². The van der Waals surface area contributed by atoms with E-state index in [1.165, 1.54) is 18.5 Å². The molecule has 0 spiro atoms. The Morgan fingerprint density at radius 1 is 1.20 bits per heavy atom. The minimum absolute atomic E-state index is 0.264. The summed E-state index contributed by atoms with van der Waals surface area (Å²) >= 11 is 0. The standard InChI is InChI=1S/C15H20FN3O/c1-11(2)9-19-15(17-10-18-19)8-14(20)7-12-3-5-13(16)6-4-12/h3-6,10-11,14,20H,7-9H2,1-2H3. The van der Waals surface area contributed by atoms with E-state index < -0.39 is 6.10 Å². The molecule has 1 unspecified atom stereocenters. The lowest BCUT2D eigenvalue weighted by Crippen LogP contribution is -2.19. The van der Waals surface area contributed by atoms with Crippen LogP contribution in [-0.2, 0) is 19.4 Å². The number of aliphatic hydroxyl groups is 1. The van der Waals surface area contributed by atoms with Crippen LogP contribution in [0.3, 0.4) is 0 Å². The molecule has 2 rings (SSSR count). The number of hydrogen-bond acceptors (Lipinski definition) is 3. The maximum absolute atomic E-state index is 12.8. The fourth-order valence-corrected chi connectivity index (χ4v) is 2.12. The fraction of sp³-hybridized carbons (Fsp3) is 0.467. The van der Waals surface area contributed by atoms with Crippen LogP contribution in [-0.4, -0.2) is 26.0 Å². The van der Waals surface area contributed by atoms with Gasteiger partial charge in [0.25, 0.3) is 0 Å². The average Bonchev–Trinajstić information content (AvgIpc) is 2.78. The topological polar surface area (TPSA) is 50.9 Å². The number of rotatable bonds is 6. The van der Waals surface area contributed by atoms with Crippen molar-refractivity contribution in [2.45, 2.75) is 39.3 Å². The highest BCUT2D eigenvalue weighted by atomic mass is 19.1. The lowest BCUT2D eigenvalue weighted by molar-refractivity contribution is 0.170. The summed E-state index contributed by atoms with van der Waals surface area (Å²) in [5, 5.41) is 14.3. The smallest absolute Gasteiger partial charge is 0.138 e. The molecular weight excluding hydrogens is 257 g/mol. The predicted octanol–water partition coefficient (Wildman–Crippen LogP) is 2.22. The summed E-state index contributed by atoms with van der Waals surface area (Å²) in [7, 11) is 0. The number of nitrogens with zero attached hydrogens (tertiary/aromatic N) is 3. The summed E-state index contributed by atoms with van der Waals surface area (Å²) < 4.78 is 14.7. The van der Waals surface area contributed by atoms with Crippen molar-refractivity contribution in [3.05, 3.63) is 47.8 Å². The molecule has 0 aliphatic heterocycles. The van der Waals surface area contributed by atoms with Crippen LogP contribution >= 0.6 is 0 Å². The van der Waals surface area contributed by atoms with Crippen molar-refractivity contribution in [1.29, 1.82) is 0 Å². The Morgan fingerprint density at radius 2 is 1.90 bits per heavy atom. The zero-order chi connectivity index (χ0) is 14.5. The van der Waals surface area contributed by atoms with Gasteiger partial charge in [-0.2, -0.15) is 5.10 Å². The van der Waals surface area contributed by atoms with Crippen LogP contribution in [0.2, 0.25) is 0 Å². The van der Waals surface area contributed by atoms with Gasteiger partial charge >= 0.3 is 0 Å². The minimum atomic E-state index is -0.546. The lowest BCUT2D eigenvalue weighted by atomic mass is 10.1. The Balaban J connectivity index is 1.96. The monoisotopic (exact) mass is 277 g/mol. The number of halogens is 1. The summed E-state index contributed by atoms with van der Waals surface area (Å²) in [6.45, 7) is 5.01. The quantitative estimate of drug-likeness (QED) is 0.881. The molecule has 1 aromatic carbocycles. The highest BCUT2D eigenvalue weighted by Gasteiger charge is 2.12. The van der Waals surface area contributed by atoms with Gasteiger partial charge in [-0.05, 0) is 30.0 Å². The normalized spacial score (nSPS) is 12.8. The lowest BCUT2D eigenvalue weighted by Gasteiger charge is -2.12. The second-order valence-electron chi connectivity index (χ2n) is 5.44. The third-order valence-corrected chi connectivity index (χ3v) is 3.04. The summed E-state index contributed by atoms with van der Waals surface area (Å²) in [5.41, 5.74) is 0.911. The van der Waals surface area contributed by atoms with Gasteiger partial charge in [0.15, 0.2) is 0 Å². The maximum Gasteiger partial charge on any atom is 0.138 e. The summed E-state index contributed by atoms with van der Waals surface area (Å²) in [5.74, 6) is 0.998. The van der Waals surface area contributed by atoms with Crippen LogP contribution in [0.25, 0.3) is 0 Å². The van der Waals surface area contributed by atoms with Crippen LogP contribution < -0.4 is 0 Å². The van der Waals surface area contributed by atoms with Crippen LogP contribution in [0.5, 0.6) is 0 Å². The molecule has 0 aliphatic rings. The van der Waals surface area contributed by atoms with Gasteiger partial charge in [-0.15, -0.1) is 0 Å². The molecule has 0 radical (unpaired) electrons. The van der Waals surface area contributed by atoms with Crippen LogP contribution in [0.1, 0.15) is 25.2 Å². The highest BCUT2D eigenvalue weighted by Crippen LogP contribution is 2.10. The molecule has 1 heterocycles. The Bertz CT molecular complexity index is 536. The first-order chi connectivity index (χ1) is 9.54. The SMILES string of the molecule is CC(C)Cn1ncnc1CC(O)Cc1ccc(F)cc1. The first kappa shape index (κ1) is 14.7. The minimum Gasteiger partial charge on any atom is -0.392 e. The van der Waals surface area contributed by atoms with Gasteiger partial charge in [-0.3, -0.25) is 0 Å². The van der Waals surface area contributed by atoms with Crippen molar-refractivity contribution < 1.29 is 9.50 Å². The van der Waals surface area contributed by atoms with E-state index in [9.17, 15) is 9.50 Å². The van der Waals surface area contributed by atoms with Crippen molar-refractivity contribution in [1.82, 2.24) is 14.8 Å². The van der Waals surface area contributed by atoms with E-state index in [0.29, 0.717) is 18.8 Å². The Hall–Kier alpha value is -1.75. The molecule has 0 fully saturated rings. The molecule has 1 aromatic heterocycles. The molecule has 0 aliphatic carbocycles. The van der Waals surface area contributed by atoms with E-state index in [2.05, 4.69) is 23.9 Å². The van der Waals surface area contributed by atoms with Gasteiger partial charge in [-0.1, -0.05) is 26.0 Å². The largest absolute Gasteiger partial charge is 0.392 e. The molecule has 2 aromatic rings. The molecule has 20 heavy (non-hydrogen) atoms. The number of aliphatic hydroxyl groups excluding tert-OH is 1. The van der Waals surface area contributed by atoms with E-state index in [1.807, 2.05) is 4.68 Å². The Labute approximate surface area is 118 Å². The van der Waals surface area contributed by atoms with Crippen molar-refractivity contribution in [2.75, 3.05) is 0 Å². The van der Waals surface area contributed by atoms with E-state index in [4.69, 9.17) is 0 Å². The molecule has 108 valence electrons. The number of aromatic nitrogens is 3. The zero-order valence-electron chi connectivity index (χ0n) is 11.8. The third-order valence-electron chi connectivity index (χ3n) is 3.04. The molecule has 1 N–H and O–H groups in total.